The van der Waals surface area contributed by atoms with Gasteiger partial charge in [0.2, 0.25) is 16.5 Å². The molecule has 3 N–H and O–H groups in total. The van der Waals surface area contributed by atoms with Gasteiger partial charge in [-0.1, -0.05) is 6.07 Å². The zero-order valence-corrected chi connectivity index (χ0v) is 20.7. The summed E-state index contributed by atoms with van der Waals surface area (Å²) in [4.78, 5) is 35.4. The minimum atomic E-state index is -0.535. The summed E-state index contributed by atoms with van der Waals surface area (Å²) >= 11 is 11.5. The molecule has 13 heteroatoms. The van der Waals surface area contributed by atoms with Gasteiger partial charge in [0.25, 0.3) is 5.91 Å². The molecule has 0 bridgehead atoms. The second kappa shape index (κ2) is 13.9. The third-order valence-electron chi connectivity index (χ3n) is 3.78. The first kappa shape index (κ1) is 27.5. The van der Waals surface area contributed by atoms with Crippen molar-refractivity contribution in [2.75, 3.05) is 44.8 Å². The van der Waals surface area contributed by atoms with Crippen molar-refractivity contribution < 1.29 is 23.8 Å². The summed E-state index contributed by atoms with van der Waals surface area (Å²) in [6, 6.07) is 6.77. The molecule has 1 aromatic heterocycles. The van der Waals surface area contributed by atoms with Gasteiger partial charge in [0.1, 0.15) is 5.60 Å². The van der Waals surface area contributed by atoms with Crippen LogP contribution in [0.1, 0.15) is 31.1 Å². The average Bonchev–Trinajstić information content (AvgIpc) is 2.73. The first-order valence-electron chi connectivity index (χ1n) is 10.5. The van der Waals surface area contributed by atoms with Crippen LogP contribution in [0.25, 0.3) is 0 Å². The van der Waals surface area contributed by atoms with Gasteiger partial charge in [-0.15, -0.1) is 0 Å². The molecule has 2 rings (SSSR count). The number of ether oxygens (including phenoxy) is 3. The van der Waals surface area contributed by atoms with Crippen molar-refractivity contribution >= 4 is 46.8 Å². The molecular weight excluding hydrogens is 487 g/mol. The minimum absolute atomic E-state index is 0.0423. The number of hydrogen-bond donors (Lipinski definition) is 3. The second-order valence-corrected chi connectivity index (χ2v) is 8.49. The van der Waals surface area contributed by atoms with Gasteiger partial charge >= 0.3 is 6.09 Å². The maximum atomic E-state index is 12.4. The van der Waals surface area contributed by atoms with Gasteiger partial charge in [0.15, 0.2) is 0 Å². The Labute approximate surface area is 207 Å². The smallest absolute Gasteiger partial charge is 0.407 e. The number of hydrogen-bond acceptors (Lipinski definition) is 9. The molecule has 186 valence electrons. The Bertz CT molecular complexity index is 937. The fourth-order valence-electron chi connectivity index (χ4n) is 2.45. The van der Waals surface area contributed by atoms with Crippen LogP contribution >= 0.6 is 23.2 Å². The van der Waals surface area contributed by atoms with E-state index < -0.39 is 11.7 Å². The summed E-state index contributed by atoms with van der Waals surface area (Å²) in [5.74, 6) is -0.0952. The predicted molar refractivity (Wildman–Crippen MR) is 128 cm³/mol. The van der Waals surface area contributed by atoms with E-state index in [2.05, 4.69) is 30.9 Å². The van der Waals surface area contributed by atoms with Gasteiger partial charge in [-0.3, -0.25) is 4.79 Å². The quantitative estimate of drug-likeness (QED) is 0.364. The Morgan fingerprint density at radius 1 is 0.912 bits per heavy atom. The zero-order valence-electron chi connectivity index (χ0n) is 19.2. The molecule has 1 aromatic carbocycles. The van der Waals surface area contributed by atoms with Crippen molar-refractivity contribution in [3.05, 3.63) is 40.4 Å². The molecule has 1 heterocycles. The monoisotopic (exact) mass is 514 g/mol. The van der Waals surface area contributed by atoms with E-state index in [0.29, 0.717) is 50.8 Å². The van der Waals surface area contributed by atoms with Crippen molar-refractivity contribution in [3.8, 4) is 0 Å². The molecule has 2 aromatic rings. The number of carbonyl (C=O) groups excluding carboxylic acids is 2. The average molecular weight is 515 g/mol. The van der Waals surface area contributed by atoms with Crippen LogP contribution in [0.15, 0.2) is 24.3 Å². The highest BCUT2D eigenvalue weighted by atomic mass is 35.5. The molecule has 0 unspecified atom stereocenters. The number of amides is 2. The maximum Gasteiger partial charge on any atom is 0.407 e. The fraction of sp³-hybridized carbons (Fsp3) is 0.476. The summed E-state index contributed by atoms with van der Waals surface area (Å²) in [5.41, 5.74) is 0.490. The van der Waals surface area contributed by atoms with Crippen LogP contribution in [-0.2, 0) is 14.2 Å². The number of carbonyl (C=O) groups is 2. The summed E-state index contributed by atoms with van der Waals surface area (Å²) in [6.45, 7) is 7.44. The van der Waals surface area contributed by atoms with Crippen molar-refractivity contribution in [3.63, 3.8) is 0 Å². The van der Waals surface area contributed by atoms with Crippen molar-refractivity contribution in [1.82, 2.24) is 25.6 Å². The molecule has 0 aliphatic carbocycles. The van der Waals surface area contributed by atoms with Crippen LogP contribution in [-0.4, -0.2) is 72.1 Å². The lowest BCUT2D eigenvalue weighted by Gasteiger charge is -2.19. The Morgan fingerprint density at radius 2 is 1.53 bits per heavy atom. The summed E-state index contributed by atoms with van der Waals surface area (Å²) in [6.07, 6.45) is -0.482. The van der Waals surface area contributed by atoms with E-state index in [9.17, 15) is 9.59 Å². The van der Waals surface area contributed by atoms with Gasteiger partial charge in [-0.05, 0) is 62.2 Å². The van der Waals surface area contributed by atoms with E-state index in [1.165, 1.54) is 0 Å². The van der Waals surface area contributed by atoms with Crippen molar-refractivity contribution in [2.24, 2.45) is 0 Å². The summed E-state index contributed by atoms with van der Waals surface area (Å²) in [5, 5.41) is 8.21. The van der Waals surface area contributed by atoms with E-state index >= 15 is 0 Å². The molecule has 11 nitrogen and oxygen atoms in total. The van der Waals surface area contributed by atoms with Gasteiger partial charge < -0.3 is 30.2 Å². The SMILES string of the molecule is CC(C)(C)OC(=O)NCCOCCOCCNC(=O)c1cccc(Nc2nc(Cl)nc(Cl)n2)c1. The van der Waals surface area contributed by atoms with Crippen LogP contribution in [0.3, 0.4) is 0 Å². The lowest BCUT2D eigenvalue weighted by Crippen LogP contribution is -2.34. The number of alkyl carbamates (subject to hydrolysis) is 1. The predicted octanol–water partition coefficient (Wildman–Crippen LogP) is 3.21. The Morgan fingerprint density at radius 3 is 2.15 bits per heavy atom. The van der Waals surface area contributed by atoms with E-state index in [1.54, 1.807) is 45.0 Å². The second-order valence-electron chi connectivity index (χ2n) is 7.81. The van der Waals surface area contributed by atoms with E-state index in [-0.39, 0.29) is 22.4 Å². The topological polar surface area (TPSA) is 137 Å². The lowest BCUT2D eigenvalue weighted by atomic mass is 10.2. The Balaban J connectivity index is 1.58. The standard InChI is InChI=1S/C21H28Cl2N6O5/c1-21(2,3)34-20(31)25-8-10-33-12-11-32-9-7-24-16(30)14-5-4-6-15(13-14)26-19-28-17(22)27-18(23)29-19/h4-6,13H,7-12H2,1-3H3,(H,24,30)(H,25,31)(H,26,27,28,29). The van der Waals surface area contributed by atoms with Crippen molar-refractivity contribution in [2.45, 2.75) is 26.4 Å². The molecule has 0 atom stereocenters. The van der Waals surface area contributed by atoms with Crippen molar-refractivity contribution in [1.29, 1.82) is 0 Å². The number of rotatable bonds is 12. The first-order chi connectivity index (χ1) is 16.1. The van der Waals surface area contributed by atoms with E-state index in [0.717, 1.165) is 0 Å². The van der Waals surface area contributed by atoms with Crippen LogP contribution in [0.5, 0.6) is 0 Å². The Hall–Kier alpha value is -2.73. The molecule has 0 spiro atoms. The molecule has 0 aliphatic rings. The lowest BCUT2D eigenvalue weighted by molar-refractivity contribution is 0.0400. The molecule has 34 heavy (non-hydrogen) atoms. The molecule has 2 amide bonds. The van der Waals surface area contributed by atoms with Crippen LogP contribution in [0.2, 0.25) is 10.6 Å². The fourth-order valence-corrected chi connectivity index (χ4v) is 2.81. The number of aromatic nitrogens is 3. The van der Waals surface area contributed by atoms with Gasteiger partial charge in [-0.25, -0.2) is 4.79 Å². The highest BCUT2D eigenvalue weighted by molar-refractivity contribution is 6.31. The van der Waals surface area contributed by atoms with E-state index in [1.807, 2.05) is 0 Å². The van der Waals surface area contributed by atoms with Gasteiger partial charge in [0, 0.05) is 24.3 Å². The normalized spacial score (nSPS) is 11.1. The van der Waals surface area contributed by atoms with E-state index in [4.69, 9.17) is 37.4 Å². The number of nitrogens with one attached hydrogen (secondary N) is 3. The highest BCUT2D eigenvalue weighted by Crippen LogP contribution is 2.17. The van der Waals surface area contributed by atoms with Crippen LogP contribution in [0.4, 0.5) is 16.4 Å². The molecule has 0 saturated carbocycles. The third-order valence-corrected chi connectivity index (χ3v) is 4.12. The highest BCUT2D eigenvalue weighted by Gasteiger charge is 2.15. The largest absolute Gasteiger partial charge is 0.444 e. The maximum absolute atomic E-state index is 12.4. The summed E-state index contributed by atoms with van der Waals surface area (Å²) < 4.78 is 15.9. The molecule has 0 aliphatic heterocycles. The number of nitrogens with zero attached hydrogens (tertiary/aromatic N) is 3. The summed E-state index contributed by atoms with van der Waals surface area (Å²) in [7, 11) is 0. The molecular formula is C21H28Cl2N6O5. The zero-order chi connectivity index (χ0) is 25.0. The van der Waals surface area contributed by atoms with Gasteiger partial charge in [0.05, 0.1) is 26.4 Å². The minimum Gasteiger partial charge on any atom is -0.444 e. The Kier molecular flexibility index (Phi) is 11.2. The van der Waals surface area contributed by atoms with Gasteiger partial charge in [-0.2, -0.15) is 15.0 Å². The number of anilines is 2. The number of benzene rings is 1. The first-order valence-corrected chi connectivity index (χ1v) is 11.2. The van der Waals surface area contributed by atoms with Crippen LogP contribution in [0, 0.1) is 0 Å². The third kappa shape index (κ3) is 11.4. The number of halogens is 2. The molecule has 0 radical (unpaired) electrons. The van der Waals surface area contributed by atoms with Crippen LogP contribution < -0.4 is 16.0 Å². The molecule has 0 fully saturated rings. The molecule has 0 saturated heterocycles.